The quantitative estimate of drug-likeness (QED) is 0.263. The number of nitro groups is 1. The molecular weight excluding hydrogens is 442 g/mol. The van der Waals surface area contributed by atoms with Gasteiger partial charge in [0.2, 0.25) is 0 Å². The van der Waals surface area contributed by atoms with E-state index in [-0.39, 0.29) is 11.6 Å². The molecule has 0 spiro atoms. The Balaban J connectivity index is 1.76. The van der Waals surface area contributed by atoms with Crippen LogP contribution in [0.2, 0.25) is 0 Å². The van der Waals surface area contributed by atoms with Crippen molar-refractivity contribution in [2.45, 2.75) is 6.54 Å². The molecule has 8 heteroatoms. The minimum atomic E-state index is -0.447. The van der Waals surface area contributed by atoms with Crippen molar-refractivity contribution in [2.24, 2.45) is 0 Å². The van der Waals surface area contributed by atoms with Gasteiger partial charge < -0.3 is 9.80 Å². The number of benzene rings is 3. The molecule has 0 aliphatic heterocycles. The van der Waals surface area contributed by atoms with E-state index in [2.05, 4.69) is 0 Å². The van der Waals surface area contributed by atoms with E-state index in [9.17, 15) is 14.9 Å². The number of nitro benzene ring substituents is 1. The summed E-state index contributed by atoms with van der Waals surface area (Å²) in [5, 5.41) is 15.8. The molecule has 0 N–H and O–H groups in total. The van der Waals surface area contributed by atoms with Crippen molar-refractivity contribution in [1.82, 2.24) is 19.6 Å². The number of carbonyl (C=O) groups excluding carboxylic acids is 1. The van der Waals surface area contributed by atoms with Crippen molar-refractivity contribution < 1.29 is 9.72 Å². The van der Waals surface area contributed by atoms with E-state index < -0.39 is 4.92 Å². The largest absolute Gasteiger partial charge is 0.332 e. The highest BCUT2D eigenvalue weighted by molar-refractivity contribution is 5.94. The summed E-state index contributed by atoms with van der Waals surface area (Å²) < 4.78 is 1.57. The van der Waals surface area contributed by atoms with Crippen molar-refractivity contribution in [2.75, 3.05) is 27.2 Å². The van der Waals surface area contributed by atoms with Crippen LogP contribution in [0.3, 0.4) is 0 Å². The molecule has 1 amide bonds. The molecule has 1 heterocycles. The number of amides is 1. The van der Waals surface area contributed by atoms with E-state index >= 15 is 0 Å². The van der Waals surface area contributed by atoms with Crippen molar-refractivity contribution in [3.8, 4) is 16.9 Å². The number of nitrogens with zero attached hydrogens (tertiary/aromatic N) is 5. The van der Waals surface area contributed by atoms with Gasteiger partial charge >= 0.3 is 0 Å². The molecule has 1 aromatic heterocycles. The van der Waals surface area contributed by atoms with Crippen molar-refractivity contribution in [3.63, 3.8) is 0 Å². The molecule has 0 fully saturated rings. The fourth-order valence-corrected chi connectivity index (χ4v) is 3.73. The lowest BCUT2D eigenvalue weighted by molar-refractivity contribution is -0.384. The van der Waals surface area contributed by atoms with Gasteiger partial charge in [0.1, 0.15) is 5.69 Å². The van der Waals surface area contributed by atoms with Crippen LogP contribution < -0.4 is 0 Å². The van der Waals surface area contributed by atoms with Crippen LogP contribution in [0.25, 0.3) is 16.9 Å². The minimum Gasteiger partial charge on any atom is -0.332 e. The van der Waals surface area contributed by atoms with Crippen molar-refractivity contribution >= 4 is 11.6 Å². The van der Waals surface area contributed by atoms with Crippen LogP contribution in [0.5, 0.6) is 0 Å². The molecule has 3 aromatic carbocycles. The fraction of sp³-hybridized carbons (Fsp3) is 0.185. The number of hydrogen-bond acceptors (Lipinski definition) is 5. The molecule has 8 nitrogen and oxygen atoms in total. The third-order valence-electron chi connectivity index (χ3n) is 5.62. The van der Waals surface area contributed by atoms with Crippen LogP contribution in [-0.4, -0.2) is 57.6 Å². The van der Waals surface area contributed by atoms with Gasteiger partial charge in [0.05, 0.1) is 16.3 Å². The highest BCUT2D eigenvalue weighted by atomic mass is 16.6. The summed E-state index contributed by atoms with van der Waals surface area (Å²) in [6, 6.07) is 27.3. The Morgan fingerprint density at radius 3 is 2.14 bits per heavy atom. The fourth-order valence-electron chi connectivity index (χ4n) is 3.73. The molecule has 4 aromatic rings. The van der Waals surface area contributed by atoms with Gasteiger partial charge in [-0.3, -0.25) is 14.9 Å². The van der Waals surface area contributed by atoms with Crippen LogP contribution in [0.15, 0.2) is 91.0 Å². The average molecular weight is 470 g/mol. The normalized spacial score (nSPS) is 10.9. The molecule has 0 aliphatic rings. The maximum atomic E-state index is 13.9. The van der Waals surface area contributed by atoms with Crippen LogP contribution >= 0.6 is 0 Å². The van der Waals surface area contributed by atoms with Crippen LogP contribution in [0.4, 0.5) is 5.69 Å². The molecule has 35 heavy (non-hydrogen) atoms. The predicted octanol–water partition coefficient (Wildman–Crippen LogP) is 4.65. The zero-order valence-electron chi connectivity index (χ0n) is 19.7. The smallest absolute Gasteiger partial charge is 0.272 e. The molecule has 0 unspecified atom stereocenters. The zero-order chi connectivity index (χ0) is 24.8. The van der Waals surface area contributed by atoms with Crippen molar-refractivity contribution in [1.29, 1.82) is 0 Å². The van der Waals surface area contributed by atoms with Gasteiger partial charge in [0.15, 0.2) is 0 Å². The summed E-state index contributed by atoms with van der Waals surface area (Å²) in [7, 11) is 3.94. The standard InChI is InChI=1S/C27H27N5O3/c1-29(2)17-18-30(20-21-9-5-3-6-10-21)27(33)26-19-25(22-11-7-4-8-12-22)28-31(26)23-13-15-24(16-14-23)32(34)35/h3-16,19H,17-18,20H2,1-2H3. The maximum Gasteiger partial charge on any atom is 0.272 e. The molecule has 0 aliphatic carbocycles. The Kier molecular flexibility index (Phi) is 7.32. The Hall–Kier alpha value is -4.30. The Labute approximate surface area is 204 Å². The molecule has 4 rings (SSSR count). The number of carbonyl (C=O) groups is 1. The van der Waals surface area contributed by atoms with E-state index in [1.807, 2.05) is 84.6 Å². The van der Waals surface area contributed by atoms with E-state index in [1.54, 1.807) is 22.9 Å². The van der Waals surface area contributed by atoms with E-state index in [4.69, 9.17) is 5.10 Å². The summed E-state index contributed by atoms with van der Waals surface area (Å²) in [5.74, 6) is -0.163. The first kappa shape index (κ1) is 23.8. The topological polar surface area (TPSA) is 84.5 Å². The van der Waals surface area contributed by atoms with Gasteiger partial charge in [0.25, 0.3) is 11.6 Å². The first-order valence-electron chi connectivity index (χ1n) is 11.3. The number of aromatic nitrogens is 2. The van der Waals surface area contributed by atoms with E-state index in [1.165, 1.54) is 12.1 Å². The SMILES string of the molecule is CN(C)CCN(Cc1ccccc1)C(=O)c1cc(-c2ccccc2)nn1-c1ccc([N+](=O)[O-])cc1. The predicted molar refractivity (Wildman–Crippen MR) is 135 cm³/mol. The van der Waals surface area contributed by atoms with Gasteiger partial charge in [-0.2, -0.15) is 5.10 Å². The number of rotatable bonds is 9. The van der Waals surface area contributed by atoms with Gasteiger partial charge in [-0.1, -0.05) is 60.7 Å². The number of hydrogen-bond donors (Lipinski definition) is 0. The zero-order valence-corrected chi connectivity index (χ0v) is 19.7. The van der Waals surface area contributed by atoms with Crippen LogP contribution in [0.1, 0.15) is 16.1 Å². The lowest BCUT2D eigenvalue weighted by Gasteiger charge is -2.25. The summed E-state index contributed by atoms with van der Waals surface area (Å²) >= 11 is 0. The Bertz CT molecular complexity index is 1290. The summed E-state index contributed by atoms with van der Waals surface area (Å²) in [5.41, 5.74) is 3.52. The van der Waals surface area contributed by atoms with Gasteiger partial charge in [-0.25, -0.2) is 4.68 Å². The summed E-state index contributed by atoms with van der Waals surface area (Å²) in [6.07, 6.45) is 0. The third-order valence-corrected chi connectivity index (χ3v) is 5.62. The molecule has 0 saturated carbocycles. The minimum absolute atomic E-state index is 0.0197. The summed E-state index contributed by atoms with van der Waals surface area (Å²) in [6.45, 7) is 1.70. The highest BCUT2D eigenvalue weighted by Gasteiger charge is 2.23. The third kappa shape index (κ3) is 5.80. The maximum absolute atomic E-state index is 13.9. The van der Waals surface area contributed by atoms with Gasteiger partial charge in [0, 0.05) is 37.3 Å². The second-order valence-corrected chi connectivity index (χ2v) is 8.48. The molecule has 178 valence electrons. The highest BCUT2D eigenvalue weighted by Crippen LogP contribution is 2.24. The van der Waals surface area contributed by atoms with E-state index in [0.29, 0.717) is 36.7 Å². The van der Waals surface area contributed by atoms with Crippen LogP contribution in [0, 0.1) is 10.1 Å². The van der Waals surface area contributed by atoms with Gasteiger partial charge in [-0.05, 0) is 37.9 Å². The lowest BCUT2D eigenvalue weighted by atomic mass is 10.1. The van der Waals surface area contributed by atoms with E-state index in [0.717, 1.165) is 11.1 Å². The van der Waals surface area contributed by atoms with Crippen molar-refractivity contribution in [3.05, 3.63) is 112 Å². The summed E-state index contributed by atoms with van der Waals surface area (Å²) in [4.78, 5) is 28.4. The molecule has 0 atom stereocenters. The number of non-ortho nitro benzene ring substituents is 1. The molecular formula is C27H27N5O3. The molecule has 0 bridgehead atoms. The average Bonchev–Trinajstić information content (AvgIpc) is 3.33. The monoisotopic (exact) mass is 469 g/mol. The first-order valence-corrected chi connectivity index (χ1v) is 11.3. The molecule has 0 saturated heterocycles. The molecule has 0 radical (unpaired) electrons. The first-order chi connectivity index (χ1) is 16.9. The lowest BCUT2D eigenvalue weighted by Crippen LogP contribution is -2.37. The van der Waals surface area contributed by atoms with Crippen LogP contribution in [-0.2, 0) is 6.54 Å². The number of likely N-dealkylation sites (N-methyl/N-ethyl adjacent to an activating group) is 1. The Morgan fingerprint density at radius 2 is 1.54 bits per heavy atom. The Morgan fingerprint density at radius 1 is 0.914 bits per heavy atom. The second kappa shape index (κ2) is 10.8. The second-order valence-electron chi connectivity index (χ2n) is 8.48. The van der Waals surface area contributed by atoms with Gasteiger partial charge in [-0.15, -0.1) is 0 Å².